The molecule has 0 saturated carbocycles. The Morgan fingerprint density at radius 1 is 0.565 bits per heavy atom. The minimum Gasteiger partial charge on any atom is -0.382 e. The van der Waals surface area contributed by atoms with E-state index in [9.17, 15) is 0 Å². The highest BCUT2D eigenvalue weighted by Gasteiger charge is 2.39. The molecule has 0 amide bonds. The minimum atomic E-state index is -2.59. The summed E-state index contributed by atoms with van der Waals surface area (Å²) < 4.78 is 38.4. The highest BCUT2D eigenvalue weighted by molar-refractivity contribution is 6.60. The Labute approximate surface area is 141 Å². The normalized spacial score (nSPS) is 12.0. The monoisotopic (exact) mass is 354 g/mol. The summed E-state index contributed by atoms with van der Waals surface area (Å²) in [4.78, 5) is 0. The standard InChI is InChI=1S/C15H34O7Si/c1-5-20-23(21-6-2,22-7-3)15-14-19-13-12-18-11-10-17-9-8-16-4/h5-15H2,1-4H3. The van der Waals surface area contributed by atoms with Gasteiger partial charge in [0.05, 0.1) is 46.2 Å². The van der Waals surface area contributed by atoms with Crippen LogP contribution in [0.1, 0.15) is 20.8 Å². The van der Waals surface area contributed by atoms with E-state index in [1.54, 1.807) is 7.11 Å². The Morgan fingerprint density at radius 2 is 0.957 bits per heavy atom. The fraction of sp³-hybridized carbons (Fsp3) is 1.00. The van der Waals surface area contributed by atoms with E-state index in [1.165, 1.54) is 0 Å². The average molecular weight is 355 g/mol. The van der Waals surface area contributed by atoms with Crippen molar-refractivity contribution in [2.24, 2.45) is 0 Å². The molecule has 0 rings (SSSR count). The molecule has 0 N–H and O–H groups in total. The molecule has 0 radical (unpaired) electrons. The zero-order valence-corrected chi connectivity index (χ0v) is 16.1. The highest BCUT2D eigenvalue weighted by atomic mass is 28.4. The van der Waals surface area contributed by atoms with Crippen LogP contribution in [0.25, 0.3) is 0 Å². The molecule has 0 heterocycles. The molecule has 7 nitrogen and oxygen atoms in total. The molecule has 0 aliphatic rings. The summed E-state index contributed by atoms with van der Waals surface area (Å²) in [5.41, 5.74) is 0. The van der Waals surface area contributed by atoms with Gasteiger partial charge >= 0.3 is 8.80 Å². The maximum Gasteiger partial charge on any atom is 0.503 e. The molecule has 0 spiro atoms. The maximum absolute atomic E-state index is 5.76. The number of methoxy groups -OCH3 is 1. The minimum absolute atomic E-state index is 0.535. The molecule has 0 fully saturated rings. The summed E-state index contributed by atoms with van der Waals surface area (Å²) in [5.74, 6) is 0. The molecule has 0 saturated heterocycles. The fourth-order valence-corrected chi connectivity index (χ4v) is 4.28. The van der Waals surface area contributed by atoms with E-state index in [0.29, 0.717) is 72.1 Å². The third-order valence-electron chi connectivity index (χ3n) is 2.82. The lowest BCUT2D eigenvalue weighted by atomic mass is 10.7. The van der Waals surface area contributed by atoms with E-state index in [-0.39, 0.29) is 0 Å². The van der Waals surface area contributed by atoms with Crippen molar-refractivity contribution in [3.05, 3.63) is 0 Å². The molecule has 0 bridgehead atoms. The van der Waals surface area contributed by atoms with Crippen molar-refractivity contribution in [3.63, 3.8) is 0 Å². The highest BCUT2D eigenvalue weighted by Crippen LogP contribution is 2.15. The van der Waals surface area contributed by atoms with Crippen molar-refractivity contribution in [1.82, 2.24) is 0 Å². The van der Waals surface area contributed by atoms with Crippen molar-refractivity contribution in [1.29, 1.82) is 0 Å². The number of hydrogen-bond donors (Lipinski definition) is 0. The Kier molecular flexibility index (Phi) is 16.7. The molecule has 23 heavy (non-hydrogen) atoms. The van der Waals surface area contributed by atoms with Gasteiger partial charge in [-0.05, 0) is 20.8 Å². The number of rotatable bonds is 18. The van der Waals surface area contributed by atoms with Crippen molar-refractivity contribution < 1.29 is 32.2 Å². The largest absolute Gasteiger partial charge is 0.503 e. The molecule has 0 aromatic rings. The molecular formula is C15H34O7Si. The van der Waals surface area contributed by atoms with Crippen LogP contribution < -0.4 is 0 Å². The topological polar surface area (TPSA) is 64.6 Å². The van der Waals surface area contributed by atoms with Gasteiger partial charge in [0, 0.05) is 33.0 Å². The predicted molar refractivity (Wildman–Crippen MR) is 89.8 cm³/mol. The van der Waals surface area contributed by atoms with Gasteiger partial charge in [0.1, 0.15) is 0 Å². The van der Waals surface area contributed by atoms with Crippen LogP contribution in [0.4, 0.5) is 0 Å². The molecule has 0 aromatic heterocycles. The Hall–Kier alpha value is -0.0631. The molecule has 0 atom stereocenters. The van der Waals surface area contributed by atoms with Gasteiger partial charge in [-0.25, -0.2) is 0 Å². The van der Waals surface area contributed by atoms with Crippen LogP contribution in [0.3, 0.4) is 0 Å². The van der Waals surface area contributed by atoms with Gasteiger partial charge in [0.2, 0.25) is 0 Å². The van der Waals surface area contributed by atoms with Crippen molar-refractivity contribution in [2.45, 2.75) is 26.8 Å². The van der Waals surface area contributed by atoms with Crippen LogP contribution in [-0.4, -0.2) is 82.0 Å². The van der Waals surface area contributed by atoms with E-state index in [2.05, 4.69) is 0 Å². The predicted octanol–water partition coefficient (Wildman–Crippen LogP) is 1.73. The van der Waals surface area contributed by atoms with Crippen LogP contribution in [0.2, 0.25) is 6.04 Å². The smallest absolute Gasteiger partial charge is 0.382 e. The molecular weight excluding hydrogens is 320 g/mol. The molecule has 0 aromatic carbocycles. The van der Waals surface area contributed by atoms with Gasteiger partial charge in [-0.3, -0.25) is 0 Å². The maximum atomic E-state index is 5.76. The molecule has 0 aliphatic heterocycles. The zero-order valence-electron chi connectivity index (χ0n) is 15.1. The molecule has 140 valence electrons. The van der Waals surface area contributed by atoms with E-state index in [1.807, 2.05) is 20.8 Å². The molecule has 0 aliphatic carbocycles. The van der Waals surface area contributed by atoms with Crippen LogP contribution >= 0.6 is 0 Å². The third-order valence-corrected chi connectivity index (χ3v) is 5.82. The Balaban J connectivity index is 3.65. The first-order valence-electron chi connectivity index (χ1n) is 8.38. The number of ether oxygens (including phenoxy) is 4. The molecule has 8 heteroatoms. The molecule has 0 unspecified atom stereocenters. The van der Waals surface area contributed by atoms with Crippen molar-refractivity contribution in [2.75, 3.05) is 73.2 Å². The fourth-order valence-electron chi connectivity index (χ4n) is 1.88. The summed E-state index contributed by atoms with van der Waals surface area (Å²) in [6.45, 7) is 11.5. The van der Waals surface area contributed by atoms with Crippen molar-refractivity contribution in [3.8, 4) is 0 Å². The van der Waals surface area contributed by atoms with Gasteiger partial charge in [-0.1, -0.05) is 0 Å². The van der Waals surface area contributed by atoms with Gasteiger partial charge in [-0.15, -0.1) is 0 Å². The van der Waals surface area contributed by atoms with E-state index < -0.39 is 8.80 Å². The summed E-state index contributed by atoms with van der Waals surface area (Å²) in [7, 11) is -0.937. The lowest BCUT2D eigenvalue weighted by Crippen LogP contribution is -2.46. The van der Waals surface area contributed by atoms with E-state index in [4.69, 9.17) is 32.2 Å². The van der Waals surface area contributed by atoms with E-state index in [0.717, 1.165) is 0 Å². The lowest BCUT2D eigenvalue weighted by Gasteiger charge is -2.28. The summed E-state index contributed by atoms with van der Waals surface area (Å²) in [5, 5.41) is 0. The second kappa shape index (κ2) is 16.8. The van der Waals surface area contributed by atoms with Gasteiger partial charge in [0.25, 0.3) is 0 Å². The first-order valence-corrected chi connectivity index (χ1v) is 10.3. The van der Waals surface area contributed by atoms with Crippen LogP contribution in [0.5, 0.6) is 0 Å². The third kappa shape index (κ3) is 13.0. The van der Waals surface area contributed by atoms with Gasteiger partial charge in [0.15, 0.2) is 0 Å². The Morgan fingerprint density at radius 3 is 1.35 bits per heavy atom. The van der Waals surface area contributed by atoms with E-state index >= 15 is 0 Å². The SMILES string of the molecule is CCO[Si](CCOCCOCCOCCOC)(OCC)OCC. The summed E-state index contributed by atoms with van der Waals surface area (Å²) in [6, 6.07) is 0.655. The second-order valence-electron chi connectivity index (χ2n) is 4.56. The number of hydrogen-bond acceptors (Lipinski definition) is 7. The Bertz CT molecular complexity index is 227. The first-order chi connectivity index (χ1) is 11.2. The van der Waals surface area contributed by atoms with Gasteiger partial charge < -0.3 is 32.2 Å². The van der Waals surface area contributed by atoms with Crippen LogP contribution in [0, 0.1) is 0 Å². The van der Waals surface area contributed by atoms with Crippen molar-refractivity contribution >= 4 is 8.80 Å². The quantitative estimate of drug-likeness (QED) is 0.274. The summed E-state index contributed by atoms with van der Waals surface area (Å²) in [6.07, 6.45) is 0. The lowest BCUT2D eigenvalue weighted by molar-refractivity contribution is 0.00232. The zero-order chi connectivity index (χ0) is 17.2. The second-order valence-corrected chi connectivity index (χ2v) is 7.29. The average Bonchev–Trinajstić information content (AvgIpc) is 2.53. The summed E-state index contributed by atoms with van der Waals surface area (Å²) >= 11 is 0. The van der Waals surface area contributed by atoms with Crippen LogP contribution in [0.15, 0.2) is 0 Å². The first kappa shape index (κ1) is 22.9. The van der Waals surface area contributed by atoms with Gasteiger partial charge in [-0.2, -0.15) is 0 Å². The van der Waals surface area contributed by atoms with Crippen LogP contribution in [-0.2, 0) is 32.2 Å².